The molecule has 0 spiro atoms. The molecule has 0 saturated heterocycles. The van der Waals surface area contributed by atoms with E-state index in [4.69, 9.17) is 0 Å². The smallest absolute Gasteiger partial charge is 0.0827 e. The van der Waals surface area contributed by atoms with Crippen LogP contribution in [-0.2, 0) is 5.41 Å². The summed E-state index contributed by atoms with van der Waals surface area (Å²) in [6, 6.07) is 8.87. The molecule has 0 radical (unpaired) electrons. The normalized spacial score (nSPS) is 22.2. The molecule has 0 N–H and O–H groups in total. The minimum atomic E-state index is 0.150. The van der Waals surface area contributed by atoms with Gasteiger partial charge in [0, 0.05) is 17.6 Å². The summed E-state index contributed by atoms with van der Waals surface area (Å²) >= 11 is 0. The number of nitrogens with zero attached hydrogens (tertiary/aromatic N) is 1. The molecule has 0 aromatic heterocycles. The van der Waals surface area contributed by atoms with Crippen LogP contribution in [0.5, 0.6) is 0 Å². The summed E-state index contributed by atoms with van der Waals surface area (Å²) in [6.45, 7) is 16.1. The van der Waals surface area contributed by atoms with Crippen LogP contribution in [0.15, 0.2) is 24.3 Å². The zero-order chi connectivity index (χ0) is 16.7. The van der Waals surface area contributed by atoms with Crippen LogP contribution in [0.25, 0.3) is 0 Å². The van der Waals surface area contributed by atoms with E-state index in [-0.39, 0.29) is 10.4 Å². The Morgan fingerprint density at radius 3 is 2.10 bits per heavy atom. The first-order chi connectivity index (χ1) is 9.99. The molecule has 4 heteroatoms. The van der Waals surface area contributed by atoms with Gasteiger partial charge in [-0.25, -0.2) is 0 Å². The Labute approximate surface area is 139 Å². The van der Waals surface area contributed by atoms with Gasteiger partial charge in [-0.05, 0) is 18.1 Å². The van der Waals surface area contributed by atoms with Gasteiger partial charge in [0.15, 0.2) is 0 Å². The van der Waals surface area contributed by atoms with Crippen molar-refractivity contribution in [1.82, 2.24) is 0 Å². The van der Waals surface area contributed by atoms with Crippen molar-refractivity contribution >= 4 is 32.1 Å². The van der Waals surface area contributed by atoms with Crippen molar-refractivity contribution < 1.29 is 0 Å². The monoisotopic (exact) mass is 345 g/mol. The van der Waals surface area contributed by atoms with Gasteiger partial charge in [0.25, 0.3) is 0 Å². The summed E-state index contributed by atoms with van der Waals surface area (Å²) in [5.74, 6) is 0. The maximum Gasteiger partial charge on any atom is 0.0827 e. The van der Waals surface area contributed by atoms with Gasteiger partial charge in [0.1, 0.15) is 0 Å². The van der Waals surface area contributed by atoms with Crippen molar-refractivity contribution in [3.63, 3.8) is 0 Å². The zero-order valence-corrected chi connectivity index (χ0v) is 18.1. The number of benzene rings is 1. The highest BCUT2D eigenvalue weighted by atomic mass is 32.0. The molecule has 0 aliphatic carbocycles. The van der Waals surface area contributed by atoms with E-state index in [1.807, 2.05) is 27.7 Å². The van der Waals surface area contributed by atoms with Crippen LogP contribution in [0.2, 0.25) is 0 Å². The lowest BCUT2D eigenvalue weighted by atomic mass is 9.86. The van der Waals surface area contributed by atoms with Gasteiger partial charge in [0.05, 0.1) is 5.02 Å². The number of para-hydroxylation sites is 1. The van der Waals surface area contributed by atoms with Crippen LogP contribution >= 0.6 is 26.4 Å². The Morgan fingerprint density at radius 2 is 1.62 bits per heavy atom. The van der Waals surface area contributed by atoms with Gasteiger partial charge >= 0.3 is 0 Å². The molecular formula is C17H34NP3. The molecule has 1 nitrogen and oxygen atoms in total. The van der Waals surface area contributed by atoms with Crippen LogP contribution in [0, 0.1) is 0 Å². The van der Waals surface area contributed by atoms with Gasteiger partial charge in [-0.15, -0.1) is 18.2 Å². The molecule has 0 fully saturated rings. The first kappa shape index (κ1) is 21.3. The number of rotatable bonds is 3. The highest BCUT2D eigenvalue weighted by molar-refractivity contribution is 8.05. The Kier molecular flexibility index (Phi) is 9.59. The van der Waals surface area contributed by atoms with Gasteiger partial charge in [-0.3, -0.25) is 0 Å². The molecule has 0 bridgehead atoms. The fourth-order valence-corrected chi connectivity index (χ4v) is 5.61. The lowest BCUT2D eigenvalue weighted by molar-refractivity contribution is 0.482. The highest BCUT2D eigenvalue weighted by Crippen LogP contribution is 2.64. The molecule has 1 aromatic carbocycles. The molecule has 1 heterocycles. The largest absolute Gasteiger partial charge is 0.358 e. The summed E-state index contributed by atoms with van der Waals surface area (Å²) < 4.78 is 0. The maximum absolute atomic E-state index is 3.13. The number of hydrogen-bond acceptors (Lipinski definition) is 1. The summed E-state index contributed by atoms with van der Waals surface area (Å²) in [5.41, 5.74) is 3.09. The quantitative estimate of drug-likeness (QED) is 0.586. The maximum atomic E-state index is 3.13. The third-order valence-corrected chi connectivity index (χ3v) is 9.10. The van der Waals surface area contributed by atoms with Crippen LogP contribution in [0.3, 0.4) is 0 Å². The molecular weight excluding hydrogens is 311 g/mol. The second-order valence-electron chi connectivity index (χ2n) is 5.20. The van der Waals surface area contributed by atoms with E-state index in [0.29, 0.717) is 0 Å². The summed E-state index contributed by atoms with van der Waals surface area (Å²) in [7, 11) is 6.89. The summed E-state index contributed by atoms with van der Waals surface area (Å²) in [5, 5.41) is 0.150. The first-order valence-electron chi connectivity index (χ1n) is 8.13. The van der Waals surface area contributed by atoms with E-state index in [2.05, 4.69) is 68.1 Å². The fourth-order valence-electron chi connectivity index (χ4n) is 2.75. The van der Waals surface area contributed by atoms with Crippen molar-refractivity contribution in [1.29, 1.82) is 0 Å². The molecule has 4 unspecified atom stereocenters. The SMILES string of the molecule is CC.CC.CCCN1c2ccccc2C(C)(C)C1(P)PP. The van der Waals surface area contributed by atoms with E-state index < -0.39 is 0 Å². The van der Waals surface area contributed by atoms with E-state index in [1.165, 1.54) is 17.7 Å². The van der Waals surface area contributed by atoms with Gasteiger partial charge < -0.3 is 4.90 Å². The van der Waals surface area contributed by atoms with Crippen LogP contribution in [0.1, 0.15) is 60.5 Å². The number of fused-ring (bicyclic) bond motifs is 1. The van der Waals surface area contributed by atoms with Crippen LogP contribution in [0.4, 0.5) is 5.69 Å². The molecule has 0 amide bonds. The fraction of sp³-hybridized carbons (Fsp3) is 0.647. The molecule has 4 atom stereocenters. The molecule has 1 aliphatic rings. The molecule has 1 aromatic rings. The van der Waals surface area contributed by atoms with Crippen molar-refractivity contribution in [2.75, 3.05) is 11.4 Å². The second-order valence-corrected chi connectivity index (χ2v) is 8.53. The topological polar surface area (TPSA) is 3.24 Å². The van der Waals surface area contributed by atoms with Crippen LogP contribution in [-0.4, -0.2) is 11.6 Å². The zero-order valence-electron chi connectivity index (χ0n) is 14.8. The molecule has 1 aliphatic heterocycles. The Hall–Kier alpha value is 0.310. The minimum Gasteiger partial charge on any atom is -0.358 e. The van der Waals surface area contributed by atoms with E-state index >= 15 is 0 Å². The molecule has 21 heavy (non-hydrogen) atoms. The van der Waals surface area contributed by atoms with Crippen LogP contribution < -0.4 is 4.90 Å². The summed E-state index contributed by atoms with van der Waals surface area (Å²) in [4.78, 5) is 2.58. The third-order valence-electron chi connectivity index (χ3n) is 3.91. The number of hydrogen-bond donors (Lipinski definition) is 0. The van der Waals surface area contributed by atoms with Gasteiger partial charge in [0.2, 0.25) is 0 Å². The Bertz CT molecular complexity index is 420. The molecule has 2 rings (SSSR count). The van der Waals surface area contributed by atoms with Crippen molar-refractivity contribution in [2.24, 2.45) is 0 Å². The first-order valence-corrected chi connectivity index (χ1v) is 11.5. The average Bonchev–Trinajstić information content (AvgIpc) is 2.71. The minimum absolute atomic E-state index is 0.150. The van der Waals surface area contributed by atoms with E-state index in [1.54, 1.807) is 0 Å². The second kappa shape index (κ2) is 9.45. The highest BCUT2D eigenvalue weighted by Gasteiger charge is 2.52. The van der Waals surface area contributed by atoms with Crippen molar-refractivity contribution in [2.45, 2.75) is 65.3 Å². The summed E-state index contributed by atoms with van der Waals surface area (Å²) in [6.07, 6.45) is 1.19. The lowest BCUT2D eigenvalue weighted by Crippen LogP contribution is -2.46. The van der Waals surface area contributed by atoms with E-state index in [9.17, 15) is 0 Å². The predicted octanol–water partition coefficient (Wildman–Crippen LogP) is 6.24. The standard InChI is InChI=1S/C13H22NP3.2C2H6/c1-4-9-14-11-8-6-5-7-10(11)12(2,3)13(14,15)17-16;2*1-2/h5-8,17H,4,9,15-16H2,1-3H3;2*1-2H3. The van der Waals surface area contributed by atoms with Gasteiger partial charge in [-0.1, -0.05) is 74.9 Å². The Balaban J connectivity index is 0.000000921. The predicted molar refractivity (Wildman–Crippen MR) is 110 cm³/mol. The third kappa shape index (κ3) is 3.80. The Morgan fingerprint density at radius 1 is 1.10 bits per heavy atom. The van der Waals surface area contributed by atoms with Crippen molar-refractivity contribution in [3.05, 3.63) is 29.8 Å². The van der Waals surface area contributed by atoms with Gasteiger partial charge in [-0.2, -0.15) is 0 Å². The van der Waals surface area contributed by atoms with Crippen molar-refractivity contribution in [3.8, 4) is 0 Å². The molecule has 122 valence electrons. The molecule has 0 saturated carbocycles. The lowest BCUT2D eigenvalue weighted by Gasteiger charge is -2.44. The average molecular weight is 345 g/mol. The number of anilines is 1. The van der Waals surface area contributed by atoms with E-state index in [0.717, 1.165) is 14.8 Å².